The summed E-state index contributed by atoms with van der Waals surface area (Å²) in [5.41, 5.74) is 3.23. The van der Waals surface area contributed by atoms with Crippen molar-refractivity contribution in [3.05, 3.63) is 39.8 Å². The first-order chi connectivity index (χ1) is 8.15. The van der Waals surface area contributed by atoms with Crippen molar-refractivity contribution in [1.29, 1.82) is 0 Å². The van der Waals surface area contributed by atoms with Crippen molar-refractivity contribution in [2.24, 2.45) is 0 Å². The maximum Gasteiger partial charge on any atom is 0.252 e. The maximum atomic E-state index is 11.9. The summed E-state index contributed by atoms with van der Waals surface area (Å²) in [6.45, 7) is 7.00. The third kappa shape index (κ3) is 2.09. The molecule has 0 unspecified atom stereocenters. The van der Waals surface area contributed by atoms with Gasteiger partial charge in [-0.15, -0.1) is 0 Å². The molecule has 2 rings (SSSR count). The van der Waals surface area contributed by atoms with Gasteiger partial charge in [0.15, 0.2) is 0 Å². The summed E-state index contributed by atoms with van der Waals surface area (Å²) in [4.78, 5) is 16.3. The molecule has 0 saturated carbocycles. The lowest BCUT2D eigenvalue weighted by molar-refractivity contribution is 0.627. The Bertz CT molecular complexity index is 599. The van der Waals surface area contributed by atoms with Crippen molar-refractivity contribution in [2.75, 3.05) is 0 Å². The Balaban J connectivity index is 2.69. The highest BCUT2D eigenvalue weighted by Crippen LogP contribution is 2.17. The summed E-state index contributed by atoms with van der Waals surface area (Å²) in [7, 11) is 0. The fourth-order valence-corrected chi connectivity index (χ4v) is 2.00. The highest BCUT2D eigenvalue weighted by molar-refractivity contribution is 5.79. The van der Waals surface area contributed by atoms with Crippen LogP contribution in [0.15, 0.2) is 23.1 Å². The molecule has 0 N–H and O–H groups in total. The van der Waals surface area contributed by atoms with E-state index in [1.54, 1.807) is 10.6 Å². The smallest absolute Gasteiger partial charge is 0.252 e. The van der Waals surface area contributed by atoms with Crippen LogP contribution in [0.4, 0.5) is 0 Å². The fourth-order valence-electron chi connectivity index (χ4n) is 2.00. The van der Waals surface area contributed by atoms with E-state index in [4.69, 9.17) is 0 Å². The quantitative estimate of drug-likeness (QED) is 0.812. The number of aromatic nitrogens is 2. The van der Waals surface area contributed by atoms with E-state index in [0.29, 0.717) is 0 Å². The van der Waals surface area contributed by atoms with Gasteiger partial charge in [-0.25, -0.2) is 4.98 Å². The molecule has 3 heteroatoms. The first-order valence-corrected chi connectivity index (χ1v) is 6.11. The molecule has 0 atom stereocenters. The van der Waals surface area contributed by atoms with Crippen LogP contribution in [0, 0.1) is 13.8 Å². The molecule has 2 aromatic rings. The summed E-state index contributed by atoms with van der Waals surface area (Å²) < 4.78 is 1.78. The average molecular weight is 230 g/mol. The van der Waals surface area contributed by atoms with E-state index in [2.05, 4.69) is 18.8 Å². The predicted molar refractivity (Wildman–Crippen MR) is 70.4 cm³/mol. The van der Waals surface area contributed by atoms with Crippen LogP contribution in [0.25, 0.3) is 11.0 Å². The molecule has 17 heavy (non-hydrogen) atoms. The van der Waals surface area contributed by atoms with Crippen molar-refractivity contribution in [3.63, 3.8) is 0 Å². The summed E-state index contributed by atoms with van der Waals surface area (Å²) in [5.74, 6) is 0. The lowest BCUT2D eigenvalue weighted by Crippen LogP contribution is -2.20. The monoisotopic (exact) mass is 230 g/mol. The van der Waals surface area contributed by atoms with E-state index in [1.165, 1.54) is 5.56 Å². The second-order valence-electron chi connectivity index (χ2n) is 4.48. The normalized spacial score (nSPS) is 11.0. The molecule has 0 amide bonds. The van der Waals surface area contributed by atoms with E-state index in [1.807, 2.05) is 19.2 Å². The Morgan fingerprint density at radius 1 is 1.29 bits per heavy atom. The number of hydrogen-bond donors (Lipinski definition) is 0. The van der Waals surface area contributed by atoms with E-state index >= 15 is 0 Å². The number of pyridine rings is 2. The molecule has 90 valence electrons. The molecule has 3 nitrogen and oxygen atoms in total. The summed E-state index contributed by atoms with van der Waals surface area (Å²) in [6, 6.07) is 3.53. The summed E-state index contributed by atoms with van der Waals surface area (Å²) in [6.07, 6.45) is 3.93. The largest absolute Gasteiger partial charge is 0.293 e. The van der Waals surface area contributed by atoms with Crippen molar-refractivity contribution < 1.29 is 0 Å². The van der Waals surface area contributed by atoms with Gasteiger partial charge in [-0.1, -0.05) is 13.3 Å². The van der Waals surface area contributed by atoms with Crippen molar-refractivity contribution in [3.8, 4) is 0 Å². The zero-order valence-electron chi connectivity index (χ0n) is 10.7. The maximum absolute atomic E-state index is 11.9. The lowest BCUT2D eigenvalue weighted by atomic mass is 10.1. The third-order valence-electron chi connectivity index (χ3n) is 3.27. The van der Waals surface area contributed by atoms with Gasteiger partial charge in [0.25, 0.3) is 5.56 Å². The van der Waals surface area contributed by atoms with Crippen LogP contribution in [0.2, 0.25) is 0 Å². The molecule has 2 heterocycles. The first kappa shape index (κ1) is 11.8. The minimum atomic E-state index is 0.0432. The molecule has 0 radical (unpaired) electrons. The Morgan fingerprint density at radius 3 is 2.76 bits per heavy atom. The predicted octanol–water partition coefficient (Wildman–Crippen LogP) is 2.81. The van der Waals surface area contributed by atoms with Gasteiger partial charge >= 0.3 is 0 Å². The number of hydrogen-bond acceptors (Lipinski definition) is 2. The Hall–Kier alpha value is -1.64. The van der Waals surface area contributed by atoms with Gasteiger partial charge in [-0.2, -0.15) is 0 Å². The highest BCUT2D eigenvalue weighted by atomic mass is 16.1. The molecular weight excluding hydrogens is 212 g/mol. The number of unbranched alkanes of at least 4 members (excludes halogenated alkanes) is 1. The van der Waals surface area contributed by atoms with Gasteiger partial charge in [-0.3, -0.25) is 9.36 Å². The van der Waals surface area contributed by atoms with Crippen LogP contribution in [0.3, 0.4) is 0 Å². The van der Waals surface area contributed by atoms with Crippen LogP contribution >= 0.6 is 0 Å². The molecule has 0 spiro atoms. The van der Waals surface area contributed by atoms with E-state index in [9.17, 15) is 4.79 Å². The zero-order valence-corrected chi connectivity index (χ0v) is 10.7. The molecule has 0 aliphatic rings. The van der Waals surface area contributed by atoms with E-state index in [-0.39, 0.29) is 5.56 Å². The zero-order chi connectivity index (χ0) is 12.4. The van der Waals surface area contributed by atoms with Gasteiger partial charge in [0, 0.05) is 24.2 Å². The van der Waals surface area contributed by atoms with E-state index < -0.39 is 0 Å². The van der Waals surface area contributed by atoms with Crippen LogP contribution in [-0.4, -0.2) is 9.55 Å². The van der Waals surface area contributed by atoms with Gasteiger partial charge in [-0.05, 0) is 37.5 Å². The Labute approximate surface area is 101 Å². The fraction of sp³-hybridized carbons (Fsp3) is 0.429. The standard InChI is InChI=1S/C14H18N2O/c1-4-5-8-16-13(17)7-6-12-11(3)10(2)9-15-14(12)16/h6-7,9H,4-5,8H2,1-3H3. The molecule has 0 fully saturated rings. The van der Waals surface area contributed by atoms with Crippen molar-refractivity contribution in [2.45, 2.75) is 40.2 Å². The molecule has 0 aromatic carbocycles. The molecular formula is C14H18N2O. The van der Waals surface area contributed by atoms with Crippen molar-refractivity contribution in [1.82, 2.24) is 9.55 Å². The Morgan fingerprint density at radius 2 is 2.06 bits per heavy atom. The topological polar surface area (TPSA) is 34.9 Å². The second-order valence-corrected chi connectivity index (χ2v) is 4.48. The first-order valence-electron chi connectivity index (χ1n) is 6.11. The van der Waals surface area contributed by atoms with Crippen LogP contribution < -0.4 is 5.56 Å². The number of aryl methyl sites for hydroxylation is 3. The second kappa shape index (κ2) is 4.70. The van der Waals surface area contributed by atoms with Crippen LogP contribution in [0.1, 0.15) is 30.9 Å². The summed E-state index contributed by atoms with van der Waals surface area (Å²) in [5, 5.41) is 1.08. The molecule has 0 bridgehead atoms. The van der Waals surface area contributed by atoms with Gasteiger partial charge in [0.1, 0.15) is 5.65 Å². The van der Waals surface area contributed by atoms with Gasteiger partial charge in [0.05, 0.1) is 0 Å². The lowest BCUT2D eigenvalue weighted by Gasteiger charge is -2.11. The summed E-state index contributed by atoms with van der Waals surface area (Å²) >= 11 is 0. The van der Waals surface area contributed by atoms with Crippen LogP contribution in [-0.2, 0) is 6.54 Å². The number of fused-ring (bicyclic) bond motifs is 1. The minimum Gasteiger partial charge on any atom is -0.293 e. The van der Waals surface area contributed by atoms with Gasteiger partial charge in [0.2, 0.25) is 0 Å². The van der Waals surface area contributed by atoms with Crippen molar-refractivity contribution >= 4 is 11.0 Å². The number of rotatable bonds is 3. The van der Waals surface area contributed by atoms with E-state index in [0.717, 1.165) is 36.0 Å². The molecule has 0 saturated heterocycles. The molecule has 0 aliphatic carbocycles. The highest BCUT2D eigenvalue weighted by Gasteiger charge is 2.07. The van der Waals surface area contributed by atoms with Crippen LogP contribution in [0.5, 0.6) is 0 Å². The third-order valence-corrected chi connectivity index (χ3v) is 3.27. The molecule has 2 aromatic heterocycles. The SMILES string of the molecule is CCCCn1c(=O)ccc2c(C)c(C)cnc21. The minimum absolute atomic E-state index is 0.0432. The Kier molecular flexibility index (Phi) is 3.27. The average Bonchev–Trinajstić information content (AvgIpc) is 2.32. The number of nitrogens with zero attached hydrogens (tertiary/aromatic N) is 2. The van der Waals surface area contributed by atoms with Gasteiger partial charge < -0.3 is 0 Å². The molecule has 0 aliphatic heterocycles.